The monoisotopic (exact) mass is 383 g/mol. The van der Waals surface area contributed by atoms with E-state index in [2.05, 4.69) is 30.8 Å². The second kappa shape index (κ2) is 7.83. The van der Waals surface area contributed by atoms with Gasteiger partial charge in [0.15, 0.2) is 5.82 Å². The molecule has 0 bridgehead atoms. The molecule has 140 valence electrons. The van der Waals surface area contributed by atoms with Crippen LogP contribution in [0, 0.1) is 6.92 Å². The molecule has 0 saturated heterocycles. The van der Waals surface area contributed by atoms with Crippen LogP contribution in [0.15, 0.2) is 29.3 Å². The minimum Gasteiger partial charge on any atom is -0.322 e. The van der Waals surface area contributed by atoms with Crippen LogP contribution in [0.1, 0.15) is 41.6 Å². The zero-order chi connectivity index (χ0) is 19.6. The van der Waals surface area contributed by atoms with Gasteiger partial charge in [0.1, 0.15) is 10.9 Å². The van der Waals surface area contributed by atoms with E-state index in [1.165, 1.54) is 11.8 Å². The van der Waals surface area contributed by atoms with Crippen LogP contribution in [0.4, 0.5) is 5.69 Å². The Balaban J connectivity index is 1.91. The normalized spacial score (nSPS) is 11.0. The Labute approximate surface area is 161 Å². The molecule has 2 heterocycles. The quantitative estimate of drug-likeness (QED) is 0.534. The van der Waals surface area contributed by atoms with Gasteiger partial charge in [-0.3, -0.25) is 4.79 Å². The van der Waals surface area contributed by atoms with Gasteiger partial charge >= 0.3 is 0 Å². The number of rotatable bonds is 5. The predicted molar refractivity (Wildman–Crippen MR) is 105 cm³/mol. The lowest BCUT2D eigenvalue weighted by molar-refractivity contribution is 0.102. The van der Waals surface area contributed by atoms with Gasteiger partial charge < -0.3 is 5.32 Å². The molecule has 0 unspecified atom stereocenters. The summed E-state index contributed by atoms with van der Waals surface area (Å²) in [5, 5.41) is 15.1. The van der Waals surface area contributed by atoms with E-state index in [0.717, 1.165) is 11.4 Å². The van der Waals surface area contributed by atoms with Crippen LogP contribution in [-0.2, 0) is 7.05 Å². The largest absolute Gasteiger partial charge is 0.322 e. The van der Waals surface area contributed by atoms with Crippen molar-refractivity contribution in [1.29, 1.82) is 0 Å². The zero-order valence-electron chi connectivity index (χ0n) is 15.9. The van der Waals surface area contributed by atoms with Crippen LogP contribution < -0.4 is 5.32 Å². The highest BCUT2D eigenvalue weighted by molar-refractivity contribution is 7.98. The number of benzene rings is 1. The molecule has 2 aromatic heterocycles. The standard InChI is InChI=1S/C18H21N7OS/c1-10(2)15-19-11(3)14(18(21-15)27-5)17(26)20-13-8-6-7-12(9-13)16-22-23-24-25(16)4/h6-10H,1-5H3,(H,20,26). The third-order valence-electron chi connectivity index (χ3n) is 4.01. The van der Waals surface area contributed by atoms with E-state index < -0.39 is 0 Å². The van der Waals surface area contributed by atoms with E-state index in [1.54, 1.807) is 11.7 Å². The molecule has 0 aliphatic carbocycles. The Bertz CT molecular complexity index is 984. The van der Waals surface area contributed by atoms with Crippen molar-refractivity contribution in [3.8, 4) is 11.4 Å². The van der Waals surface area contributed by atoms with Crippen LogP contribution in [-0.4, -0.2) is 42.3 Å². The second-order valence-corrected chi connectivity index (χ2v) is 7.16. The molecule has 3 aromatic rings. The van der Waals surface area contributed by atoms with E-state index >= 15 is 0 Å². The van der Waals surface area contributed by atoms with E-state index in [1.807, 2.05) is 51.3 Å². The van der Waals surface area contributed by atoms with Gasteiger partial charge in [0, 0.05) is 24.2 Å². The molecule has 0 fully saturated rings. The topological polar surface area (TPSA) is 98.5 Å². The lowest BCUT2D eigenvalue weighted by atomic mass is 10.1. The number of carbonyl (C=O) groups is 1. The molecule has 3 rings (SSSR count). The first kappa shape index (κ1) is 19.0. The molecular formula is C18H21N7OS. The number of tetrazole rings is 1. The van der Waals surface area contributed by atoms with Gasteiger partial charge in [-0.1, -0.05) is 26.0 Å². The number of thioether (sulfide) groups is 1. The first-order valence-electron chi connectivity index (χ1n) is 8.47. The molecule has 1 N–H and O–H groups in total. The van der Waals surface area contributed by atoms with Crippen LogP contribution in [0.3, 0.4) is 0 Å². The van der Waals surface area contributed by atoms with Crippen LogP contribution in [0.2, 0.25) is 0 Å². The fourth-order valence-electron chi connectivity index (χ4n) is 2.64. The van der Waals surface area contributed by atoms with Crippen molar-refractivity contribution in [2.75, 3.05) is 11.6 Å². The van der Waals surface area contributed by atoms with Crippen LogP contribution in [0.25, 0.3) is 11.4 Å². The number of amides is 1. The van der Waals surface area contributed by atoms with Crippen molar-refractivity contribution < 1.29 is 4.79 Å². The number of aromatic nitrogens is 6. The molecule has 8 nitrogen and oxygen atoms in total. The molecule has 9 heteroatoms. The number of aryl methyl sites for hydroxylation is 2. The minimum atomic E-state index is -0.236. The van der Waals surface area contributed by atoms with E-state index in [-0.39, 0.29) is 11.8 Å². The van der Waals surface area contributed by atoms with Crippen molar-refractivity contribution in [1.82, 2.24) is 30.2 Å². The summed E-state index contributed by atoms with van der Waals surface area (Å²) in [4.78, 5) is 22.0. The Hall–Kier alpha value is -2.81. The van der Waals surface area contributed by atoms with Gasteiger partial charge in [-0.25, -0.2) is 14.6 Å². The summed E-state index contributed by atoms with van der Waals surface area (Å²) in [6, 6.07) is 7.39. The molecule has 0 saturated carbocycles. The van der Waals surface area contributed by atoms with Crippen LogP contribution >= 0.6 is 11.8 Å². The maximum absolute atomic E-state index is 12.9. The maximum atomic E-state index is 12.9. The molecule has 27 heavy (non-hydrogen) atoms. The average Bonchev–Trinajstić information content (AvgIpc) is 3.06. The van der Waals surface area contributed by atoms with Gasteiger partial charge in [-0.2, -0.15) is 0 Å². The molecule has 0 aliphatic rings. The first-order valence-corrected chi connectivity index (χ1v) is 9.69. The number of hydrogen-bond acceptors (Lipinski definition) is 7. The fraction of sp³-hybridized carbons (Fsp3) is 0.333. The second-order valence-electron chi connectivity index (χ2n) is 6.37. The Kier molecular flexibility index (Phi) is 5.50. The predicted octanol–water partition coefficient (Wildman–Crippen LogP) is 3.07. The third-order valence-corrected chi connectivity index (χ3v) is 4.69. The van der Waals surface area contributed by atoms with E-state index in [4.69, 9.17) is 0 Å². The first-order chi connectivity index (χ1) is 12.9. The zero-order valence-corrected chi connectivity index (χ0v) is 16.7. The third kappa shape index (κ3) is 3.97. The lowest BCUT2D eigenvalue weighted by Gasteiger charge is -2.14. The smallest absolute Gasteiger partial charge is 0.260 e. The highest BCUT2D eigenvalue weighted by Gasteiger charge is 2.20. The minimum absolute atomic E-state index is 0.198. The summed E-state index contributed by atoms with van der Waals surface area (Å²) in [5.74, 6) is 1.32. The van der Waals surface area contributed by atoms with Crippen molar-refractivity contribution in [2.45, 2.75) is 31.7 Å². The van der Waals surface area contributed by atoms with Crippen molar-refractivity contribution in [3.63, 3.8) is 0 Å². The summed E-state index contributed by atoms with van der Waals surface area (Å²) in [7, 11) is 1.77. The molecule has 0 atom stereocenters. The molecule has 0 radical (unpaired) electrons. The number of nitrogens with one attached hydrogen (secondary N) is 1. The van der Waals surface area contributed by atoms with Crippen molar-refractivity contribution >= 4 is 23.4 Å². The maximum Gasteiger partial charge on any atom is 0.260 e. The molecule has 0 spiro atoms. The SMILES string of the molecule is CSc1nc(C(C)C)nc(C)c1C(=O)Nc1cccc(-c2nnnn2C)c1. The number of nitrogens with zero attached hydrogens (tertiary/aromatic N) is 6. The summed E-state index contributed by atoms with van der Waals surface area (Å²) in [6.07, 6.45) is 1.91. The van der Waals surface area contributed by atoms with Gasteiger partial charge in [0.2, 0.25) is 0 Å². The number of anilines is 1. The molecule has 1 amide bonds. The summed E-state index contributed by atoms with van der Waals surface area (Å²) >= 11 is 1.44. The number of carbonyl (C=O) groups excluding carboxylic acids is 1. The van der Waals surface area contributed by atoms with Crippen molar-refractivity contribution in [2.24, 2.45) is 7.05 Å². The summed E-state index contributed by atoms with van der Waals surface area (Å²) in [6.45, 7) is 5.90. The highest BCUT2D eigenvalue weighted by Crippen LogP contribution is 2.25. The van der Waals surface area contributed by atoms with Crippen molar-refractivity contribution in [3.05, 3.63) is 41.3 Å². The van der Waals surface area contributed by atoms with Crippen LogP contribution in [0.5, 0.6) is 0 Å². The summed E-state index contributed by atoms with van der Waals surface area (Å²) in [5.41, 5.74) is 2.63. The van der Waals surface area contributed by atoms with Gasteiger partial charge in [-0.15, -0.1) is 16.9 Å². The Morgan fingerprint density at radius 1 is 1.26 bits per heavy atom. The van der Waals surface area contributed by atoms with Gasteiger partial charge in [-0.05, 0) is 35.7 Å². The lowest BCUT2D eigenvalue weighted by Crippen LogP contribution is -2.18. The molecule has 1 aromatic carbocycles. The molecular weight excluding hydrogens is 362 g/mol. The molecule has 0 aliphatic heterocycles. The number of hydrogen-bond donors (Lipinski definition) is 1. The van der Waals surface area contributed by atoms with E-state index in [9.17, 15) is 4.79 Å². The summed E-state index contributed by atoms with van der Waals surface area (Å²) < 4.78 is 1.58. The van der Waals surface area contributed by atoms with E-state index in [0.29, 0.717) is 27.8 Å². The fourth-order valence-corrected chi connectivity index (χ4v) is 3.27. The average molecular weight is 383 g/mol. The van der Waals surface area contributed by atoms with Gasteiger partial charge in [0.05, 0.1) is 11.3 Å². The Morgan fingerprint density at radius 3 is 2.67 bits per heavy atom. The Morgan fingerprint density at radius 2 is 2.04 bits per heavy atom. The van der Waals surface area contributed by atoms with Gasteiger partial charge in [0.25, 0.3) is 5.91 Å². The highest BCUT2D eigenvalue weighted by atomic mass is 32.2.